The number of fused-ring (bicyclic) bond motifs is 1. The Bertz CT molecular complexity index is 1440. The third kappa shape index (κ3) is 5.86. The number of carbonyl (C=O) groups is 1. The molecule has 0 bridgehead atoms. The van der Waals surface area contributed by atoms with Crippen molar-refractivity contribution in [3.8, 4) is 11.6 Å². The van der Waals surface area contributed by atoms with E-state index in [1.54, 1.807) is 16.9 Å². The predicted octanol–water partition coefficient (Wildman–Crippen LogP) is 5.69. The fourth-order valence-corrected chi connectivity index (χ4v) is 4.30. The fourth-order valence-electron chi connectivity index (χ4n) is 4.30. The summed E-state index contributed by atoms with van der Waals surface area (Å²) in [6.45, 7) is 7.71. The molecule has 2 aromatic carbocycles. The van der Waals surface area contributed by atoms with E-state index in [1.807, 2.05) is 49.5 Å². The molecule has 0 spiro atoms. The second-order valence-corrected chi connectivity index (χ2v) is 10.4. The Morgan fingerprint density at radius 1 is 1.13 bits per heavy atom. The lowest BCUT2D eigenvalue weighted by atomic mass is 9.92. The molecule has 198 valence electrons. The van der Waals surface area contributed by atoms with Gasteiger partial charge in [0.2, 0.25) is 11.8 Å². The van der Waals surface area contributed by atoms with E-state index in [0.29, 0.717) is 35.6 Å². The normalized spacial score (nSPS) is 15.4. The van der Waals surface area contributed by atoms with Crippen molar-refractivity contribution in [3.63, 3.8) is 0 Å². The van der Waals surface area contributed by atoms with Crippen LogP contribution in [0.1, 0.15) is 39.3 Å². The molecule has 2 aromatic heterocycles. The molecule has 1 unspecified atom stereocenters. The second-order valence-electron chi connectivity index (χ2n) is 10.4. The first-order chi connectivity index (χ1) is 18.3. The number of hydrogen-bond donors (Lipinski definition) is 3. The van der Waals surface area contributed by atoms with E-state index in [9.17, 15) is 4.79 Å². The second kappa shape index (κ2) is 10.7. The summed E-state index contributed by atoms with van der Waals surface area (Å²) in [5.74, 6) is 2.15. The summed E-state index contributed by atoms with van der Waals surface area (Å²) >= 11 is 0. The van der Waals surface area contributed by atoms with Gasteiger partial charge in [-0.05, 0) is 25.0 Å². The molecule has 1 fully saturated rings. The first kappa shape index (κ1) is 25.5. The molecule has 0 radical (unpaired) electrons. The zero-order valence-electron chi connectivity index (χ0n) is 22.1. The number of amides is 2. The molecule has 1 aliphatic rings. The van der Waals surface area contributed by atoms with Gasteiger partial charge in [0.1, 0.15) is 11.6 Å². The van der Waals surface area contributed by atoms with Gasteiger partial charge in [-0.25, -0.2) is 9.78 Å². The van der Waals surface area contributed by atoms with Crippen LogP contribution in [0.15, 0.2) is 54.7 Å². The van der Waals surface area contributed by atoms with Crippen LogP contribution in [-0.4, -0.2) is 45.0 Å². The number of aromatic nitrogens is 4. The minimum absolute atomic E-state index is 0.120. The highest BCUT2D eigenvalue weighted by molar-refractivity contribution is 6.07. The van der Waals surface area contributed by atoms with Crippen LogP contribution in [-0.2, 0) is 17.2 Å². The average molecular weight is 516 g/mol. The summed E-state index contributed by atoms with van der Waals surface area (Å²) in [7, 11) is 1.81. The maximum absolute atomic E-state index is 12.9. The Labute approximate surface area is 221 Å². The van der Waals surface area contributed by atoms with Gasteiger partial charge in [-0.3, -0.25) is 10.00 Å². The number of rotatable bonds is 7. The Morgan fingerprint density at radius 2 is 1.95 bits per heavy atom. The van der Waals surface area contributed by atoms with Crippen LogP contribution < -0.4 is 20.7 Å². The topological polar surface area (TPSA) is 115 Å². The van der Waals surface area contributed by atoms with Crippen molar-refractivity contribution in [1.82, 2.24) is 19.7 Å². The first-order valence-corrected chi connectivity index (χ1v) is 12.8. The van der Waals surface area contributed by atoms with E-state index in [1.165, 1.54) is 0 Å². The zero-order valence-corrected chi connectivity index (χ0v) is 22.1. The number of urea groups is 1. The van der Waals surface area contributed by atoms with Gasteiger partial charge in [0.25, 0.3) is 0 Å². The molecule has 10 heteroatoms. The summed E-state index contributed by atoms with van der Waals surface area (Å²) in [6.07, 6.45) is 3.96. The van der Waals surface area contributed by atoms with Crippen LogP contribution >= 0.6 is 0 Å². The van der Waals surface area contributed by atoms with Crippen molar-refractivity contribution in [3.05, 3.63) is 60.4 Å². The molecule has 4 aromatic rings. The third-order valence-corrected chi connectivity index (χ3v) is 6.38. The smallest absolute Gasteiger partial charge is 0.324 e. The fraction of sp³-hybridized carbons (Fsp3) is 0.357. The molecule has 10 nitrogen and oxygen atoms in total. The lowest BCUT2D eigenvalue weighted by Gasteiger charge is -2.14. The van der Waals surface area contributed by atoms with Gasteiger partial charge < -0.3 is 20.1 Å². The van der Waals surface area contributed by atoms with Gasteiger partial charge in [-0.1, -0.05) is 45.0 Å². The molecule has 5 rings (SSSR count). The highest BCUT2D eigenvalue weighted by Gasteiger charge is 2.20. The maximum atomic E-state index is 12.9. The minimum atomic E-state index is -0.356. The van der Waals surface area contributed by atoms with Crippen molar-refractivity contribution in [2.75, 3.05) is 29.1 Å². The number of anilines is 3. The van der Waals surface area contributed by atoms with E-state index < -0.39 is 0 Å². The molecular formula is C28H33N7O3. The van der Waals surface area contributed by atoms with Gasteiger partial charge in [-0.15, -0.1) is 0 Å². The molecule has 38 heavy (non-hydrogen) atoms. The summed E-state index contributed by atoms with van der Waals surface area (Å²) in [4.78, 5) is 21.7. The Balaban J connectivity index is 1.31. The summed E-state index contributed by atoms with van der Waals surface area (Å²) in [6, 6.07) is 14.6. The molecule has 0 aliphatic carbocycles. The van der Waals surface area contributed by atoms with E-state index in [4.69, 9.17) is 9.47 Å². The van der Waals surface area contributed by atoms with E-state index >= 15 is 0 Å². The third-order valence-electron chi connectivity index (χ3n) is 6.38. The lowest BCUT2D eigenvalue weighted by molar-refractivity contribution is 0.120. The van der Waals surface area contributed by atoms with Crippen molar-refractivity contribution in [2.24, 2.45) is 7.05 Å². The number of nitrogens with one attached hydrogen (secondary N) is 3. The monoisotopic (exact) mass is 515 g/mol. The van der Waals surface area contributed by atoms with Gasteiger partial charge in [-0.2, -0.15) is 10.1 Å². The highest BCUT2D eigenvalue weighted by atomic mass is 16.5. The molecule has 0 saturated carbocycles. The Kier molecular flexibility index (Phi) is 7.15. The molecule has 1 aliphatic heterocycles. The lowest BCUT2D eigenvalue weighted by Crippen LogP contribution is -2.21. The van der Waals surface area contributed by atoms with Crippen molar-refractivity contribution >= 4 is 34.3 Å². The van der Waals surface area contributed by atoms with Gasteiger partial charge in [0, 0.05) is 54.7 Å². The number of hydrogen-bond acceptors (Lipinski definition) is 7. The standard InChI is InChI=1S/C28H33N7O3/c1-28(2,3)23-16-24(35(4)34-23)32-27(36)31-21-11-12-22(20-10-6-5-9-19(20)21)38-25-13-14-29-26(33-25)30-17-18-8-7-15-37-18/h5-6,9-14,16,18H,7-8,15,17H2,1-4H3,(H,29,30,33)(H2,31,32,36). The average Bonchev–Trinajstić information content (AvgIpc) is 3.54. The van der Waals surface area contributed by atoms with Crippen molar-refractivity contribution in [2.45, 2.75) is 45.1 Å². The molecule has 3 heterocycles. The largest absolute Gasteiger partial charge is 0.438 e. The van der Waals surface area contributed by atoms with Crippen LogP contribution in [0.4, 0.5) is 22.2 Å². The first-order valence-electron chi connectivity index (χ1n) is 12.8. The quantitative estimate of drug-likeness (QED) is 0.290. The number of aryl methyl sites for hydroxylation is 1. The Morgan fingerprint density at radius 3 is 2.68 bits per heavy atom. The molecular weight excluding hydrogens is 482 g/mol. The molecule has 1 atom stereocenters. The van der Waals surface area contributed by atoms with Crippen LogP contribution in [0.25, 0.3) is 10.8 Å². The maximum Gasteiger partial charge on any atom is 0.324 e. The van der Waals surface area contributed by atoms with Crippen molar-refractivity contribution in [1.29, 1.82) is 0 Å². The predicted molar refractivity (Wildman–Crippen MR) is 148 cm³/mol. The van der Waals surface area contributed by atoms with Gasteiger partial charge in [0.05, 0.1) is 17.5 Å². The summed E-state index contributed by atoms with van der Waals surface area (Å²) < 4.78 is 13.5. The SMILES string of the molecule is Cn1nc(C(C)(C)C)cc1NC(=O)Nc1ccc(Oc2ccnc(NCC3CCCO3)n2)c2ccccc12. The molecule has 1 saturated heterocycles. The molecule has 3 N–H and O–H groups in total. The number of benzene rings is 2. The minimum Gasteiger partial charge on any atom is -0.438 e. The highest BCUT2D eigenvalue weighted by Crippen LogP contribution is 2.34. The zero-order chi connectivity index (χ0) is 26.7. The van der Waals surface area contributed by atoms with E-state index in [-0.39, 0.29) is 17.6 Å². The number of carbonyl (C=O) groups excluding carboxylic acids is 1. The summed E-state index contributed by atoms with van der Waals surface area (Å²) in [5.41, 5.74) is 1.44. The van der Waals surface area contributed by atoms with E-state index in [2.05, 4.69) is 51.8 Å². The van der Waals surface area contributed by atoms with Crippen LogP contribution in [0.3, 0.4) is 0 Å². The van der Waals surface area contributed by atoms with Crippen molar-refractivity contribution < 1.29 is 14.3 Å². The van der Waals surface area contributed by atoms with E-state index in [0.717, 1.165) is 35.9 Å². The number of ether oxygens (including phenoxy) is 2. The Hall–Kier alpha value is -4.18. The van der Waals surface area contributed by atoms with Gasteiger partial charge >= 0.3 is 6.03 Å². The van der Waals surface area contributed by atoms with Crippen LogP contribution in [0.5, 0.6) is 11.6 Å². The van der Waals surface area contributed by atoms with Gasteiger partial charge in [0.15, 0.2) is 0 Å². The van der Waals surface area contributed by atoms with Crippen LogP contribution in [0.2, 0.25) is 0 Å². The van der Waals surface area contributed by atoms with Crippen LogP contribution in [0, 0.1) is 0 Å². The molecule has 2 amide bonds. The number of nitrogens with zero attached hydrogens (tertiary/aromatic N) is 4. The summed E-state index contributed by atoms with van der Waals surface area (Å²) in [5, 5.41) is 15.3.